The maximum atomic E-state index is 12.2. The van der Waals surface area contributed by atoms with Gasteiger partial charge in [0.25, 0.3) is 0 Å². The average Bonchev–Trinajstić information content (AvgIpc) is 2.31. The van der Waals surface area contributed by atoms with Gasteiger partial charge in [-0.05, 0) is 6.07 Å². The summed E-state index contributed by atoms with van der Waals surface area (Å²) in [6.07, 6.45) is -3.74. The van der Waals surface area contributed by atoms with E-state index in [9.17, 15) is 18.0 Å². The largest absolute Gasteiger partial charge is 0.418 e. The number of primary amides is 1. The number of hydrogen-bond donors (Lipinski definition) is 2. The second-order valence-electron chi connectivity index (χ2n) is 2.51. The minimum absolute atomic E-state index is 0.194. The SMILES string of the molecule is NC(=O)Cc1[nH]ccc1C(F)(F)F. The lowest BCUT2D eigenvalue weighted by atomic mass is 10.2. The number of alkyl halides is 3. The number of carbonyl (C=O) groups is 1. The van der Waals surface area contributed by atoms with Crippen molar-refractivity contribution < 1.29 is 18.0 Å². The molecule has 0 aromatic carbocycles. The zero-order valence-corrected chi connectivity index (χ0v) is 6.48. The summed E-state index contributed by atoms with van der Waals surface area (Å²) in [5.41, 5.74) is 3.73. The van der Waals surface area contributed by atoms with Crippen molar-refractivity contribution in [1.82, 2.24) is 4.98 Å². The van der Waals surface area contributed by atoms with Gasteiger partial charge in [-0.25, -0.2) is 0 Å². The van der Waals surface area contributed by atoms with Gasteiger partial charge in [-0.1, -0.05) is 0 Å². The average molecular weight is 192 g/mol. The van der Waals surface area contributed by atoms with Crippen molar-refractivity contribution in [1.29, 1.82) is 0 Å². The van der Waals surface area contributed by atoms with Gasteiger partial charge in [0.2, 0.25) is 5.91 Å². The molecular formula is C7H7F3N2O. The fourth-order valence-electron chi connectivity index (χ4n) is 0.990. The fraction of sp³-hybridized carbons (Fsp3) is 0.286. The molecule has 0 saturated heterocycles. The maximum absolute atomic E-state index is 12.2. The Balaban J connectivity index is 2.96. The van der Waals surface area contributed by atoms with E-state index in [4.69, 9.17) is 5.73 Å². The summed E-state index contributed by atoms with van der Waals surface area (Å²) < 4.78 is 36.5. The van der Waals surface area contributed by atoms with Gasteiger partial charge in [0, 0.05) is 11.9 Å². The normalized spacial score (nSPS) is 11.6. The molecule has 0 spiro atoms. The highest BCUT2D eigenvalue weighted by molar-refractivity contribution is 5.76. The highest BCUT2D eigenvalue weighted by Crippen LogP contribution is 2.31. The molecule has 0 fully saturated rings. The Labute approximate surface area is 71.7 Å². The van der Waals surface area contributed by atoms with Gasteiger partial charge in [0.15, 0.2) is 0 Å². The quantitative estimate of drug-likeness (QED) is 0.723. The minimum atomic E-state index is -4.44. The predicted molar refractivity (Wildman–Crippen MR) is 38.7 cm³/mol. The van der Waals surface area contributed by atoms with E-state index < -0.39 is 24.1 Å². The van der Waals surface area contributed by atoms with Gasteiger partial charge in [-0.2, -0.15) is 13.2 Å². The first-order chi connectivity index (χ1) is 5.91. The summed E-state index contributed by atoms with van der Waals surface area (Å²) in [6, 6.07) is 0.873. The van der Waals surface area contributed by atoms with Crippen LogP contribution in [-0.2, 0) is 17.4 Å². The first-order valence-corrected chi connectivity index (χ1v) is 3.43. The molecule has 1 amide bonds. The third-order valence-corrected chi connectivity index (χ3v) is 1.49. The molecule has 1 rings (SSSR count). The van der Waals surface area contributed by atoms with Gasteiger partial charge >= 0.3 is 6.18 Å². The molecule has 6 heteroatoms. The number of nitrogens with two attached hydrogens (primary N) is 1. The summed E-state index contributed by atoms with van der Waals surface area (Å²) in [5, 5.41) is 0. The molecule has 0 unspecified atom stereocenters. The lowest BCUT2D eigenvalue weighted by molar-refractivity contribution is -0.138. The first kappa shape index (κ1) is 9.63. The number of H-pyrrole nitrogens is 1. The number of amides is 1. The number of nitrogens with one attached hydrogen (secondary N) is 1. The smallest absolute Gasteiger partial charge is 0.369 e. The molecule has 0 radical (unpaired) electrons. The van der Waals surface area contributed by atoms with Gasteiger partial charge in [-0.15, -0.1) is 0 Å². The molecule has 13 heavy (non-hydrogen) atoms. The molecule has 3 N–H and O–H groups in total. The van der Waals surface area contributed by atoms with Crippen LogP contribution in [0.1, 0.15) is 11.3 Å². The van der Waals surface area contributed by atoms with Gasteiger partial charge in [-0.3, -0.25) is 4.79 Å². The Bertz CT molecular complexity index is 316. The molecule has 0 atom stereocenters. The van der Waals surface area contributed by atoms with Crippen LogP contribution in [-0.4, -0.2) is 10.9 Å². The van der Waals surface area contributed by atoms with E-state index in [1.54, 1.807) is 0 Å². The van der Waals surface area contributed by atoms with Crippen molar-refractivity contribution in [2.24, 2.45) is 5.73 Å². The number of halogens is 3. The standard InChI is InChI=1S/C7H7F3N2O/c8-7(9,10)4-1-2-12-5(4)3-6(11)13/h1-2,12H,3H2,(H2,11,13). The van der Waals surface area contributed by atoms with Gasteiger partial charge < -0.3 is 10.7 Å². The summed E-state index contributed by atoms with van der Waals surface area (Å²) in [6.45, 7) is 0. The van der Waals surface area contributed by atoms with Crippen molar-refractivity contribution >= 4 is 5.91 Å². The Morgan fingerprint density at radius 1 is 1.54 bits per heavy atom. The molecular weight excluding hydrogens is 185 g/mol. The van der Waals surface area contributed by atoms with E-state index >= 15 is 0 Å². The highest BCUT2D eigenvalue weighted by atomic mass is 19.4. The number of carbonyl (C=O) groups excluding carboxylic acids is 1. The molecule has 1 aromatic heterocycles. The van der Waals surface area contributed by atoms with E-state index in [1.165, 1.54) is 0 Å². The highest BCUT2D eigenvalue weighted by Gasteiger charge is 2.34. The van der Waals surface area contributed by atoms with Crippen LogP contribution in [0, 0.1) is 0 Å². The Kier molecular flexibility index (Phi) is 2.31. The van der Waals surface area contributed by atoms with Crippen molar-refractivity contribution in [3.8, 4) is 0 Å². The van der Waals surface area contributed by atoms with Crippen LogP contribution in [0.2, 0.25) is 0 Å². The predicted octanol–water partition coefficient (Wildman–Crippen LogP) is 1.06. The zero-order chi connectivity index (χ0) is 10.1. The van der Waals surface area contributed by atoms with Crippen LogP contribution < -0.4 is 5.73 Å². The van der Waals surface area contributed by atoms with Gasteiger partial charge in [0.1, 0.15) is 0 Å². The summed E-state index contributed by atoms with van der Waals surface area (Å²) in [5.74, 6) is -0.798. The second kappa shape index (κ2) is 3.12. The molecule has 1 heterocycles. The number of aromatic amines is 1. The minimum Gasteiger partial charge on any atom is -0.369 e. The second-order valence-corrected chi connectivity index (χ2v) is 2.51. The van der Waals surface area contributed by atoms with E-state index in [2.05, 4.69) is 4.98 Å². The molecule has 72 valence electrons. The molecule has 0 aliphatic rings. The monoisotopic (exact) mass is 192 g/mol. The molecule has 0 aliphatic carbocycles. The van der Waals surface area contributed by atoms with Crippen LogP contribution in [0.5, 0.6) is 0 Å². The van der Waals surface area contributed by atoms with Crippen LogP contribution in [0.3, 0.4) is 0 Å². The van der Waals surface area contributed by atoms with E-state index in [0.29, 0.717) is 0 Å². The van der Waals surface area contributed by atoms with Crippen molar-refractivity contribution in [3.63, 3.8) is 0 Å². The van der Waals surface area contributed by atoms with Crippen LogP contribution in [0.25, 0.3) is 0 Å². The molecule has 0 bridgehead atoms. The summed E-state index contributed by atoms with van der Waals surface area (Å²) >= 11 is 0. The third-order valence-electron chi connectivity index (χ3n) is 1.49. The lowest BCUT2D eigenvalue weighted by Crippen LogP contribution is -2.17. The summed E-state index contributed by atoms with van der Waals surface area (Å²) in [7, 11) is 0. The van der Waals surface area contributed by atoms with E-state index in [1.807, 2.05) is 0 Å². The topological polar surface area (TPSA) is 58.9 Å². The zero-order valence-electron chi connectivity index (χ0n) is 6.48. The van der Waals surface area contributed by atoms with E-state index in [-0.39, 0.29) is 5.69 Å². The molecule has 3 nitrogen and oxygen atoms in total. The van der Waals surface area contributed by atoms with Crippen LogP contribution >= 0.6 is 0 Å². The Morgan fingerprint density at radius 3 is 2.62 bits per heavy atom. The Morgan fingerprint density at radius 2 is 2.15 bits per heavy atom. The number of aromatic nitrogens is 1. The molecule has 0 saturated carbocycles. The van der Waals surface area contributed by atoms with E-state index in [0.717, 1.165) is 12.3 Å². The summed E-state index contributed by atoms with van der Waals surface area (Å²) in [4.78, 5) is 12.7. The lowest BCUT2D eigenvalue weighted by Gasteiger charge is -2.05. The van der Waals surface area contributed by atoms with Crippen molar-refractivity contribution in [2.45, 2.75) is 12.6 Å². The third kappa shape index (κ3) is 2.24. The van der Waals surface area contributed by atoms with Crippen LogP contribution in [0.4, 0.5) is 13.2 Å². The van der Waals surface area contributed by atoms with Crippen molar-refractivity contribution in [3.05, 3.63) is 23.5 Å². The van der Waals surface area contributed by atoms with Crippen molar-refractivity contribution in [2.75, 3.05) is 0 Å². The van der Waals surface area contributed by atoms with Crippen LogP contribution in [0.15, 0.2) is 12.3 Å². The van der Waals surface area contributed by atoms with Gasteiger partial charge in [0.05, 0.1) is 12.0 Å². The molecule has 0 aliphatic heterocycles. The number of rotatable bonds is 2. The molecule has 1 aromatic rings. The fourth-order valence-corrected chi connectivity index (χ4v) is 0.990. The number of hydrogen-bond acceptors (Lipinski definition) is 1. The first-order valence-electron chi connectivity index (χ1n) is 3.43. The maximum Gasteiger partial charge on any atom is 0.418 e. The Hall–Kier alpha value is -1.46.